The number of nitrogens with one attached hydrogen (secondary N) is 1. The zero-order chi connectivity index (χ0) is 12.4. The summed E-state index contributed by atoms with van der Waals surface area (Å²) in [6.45, 7) is 0. The number of carboxylic acids is 1. The molecule has 2 aromatic rings. The lowest BCUT2D eigenvalue weighted by atomic mass is 10.0. The van der Waals surface area contributed by atoms with Crippen molar-refractivity contribution in [2.45, 2.75) is 18.6 Å². The molecule has 0 spiro atoms. The molecule has 0 saturated carbocycles. The molecule has 4 N–H and O–H groups in total. The molecule has 6 nitrogen and oxygen atoms in total. The van der Waals surface area contributed by atoms with E-state index in [4.69, 9.17) is 5.11 Å². The molecule has 0 radical (unpaired) electrons. The molecule has 0 aliphatic rings. The molecule has 2 rings (SSSR count). The van der Waals surface area contributed by atoms with Gasteiger partial charge in [0, 0.05) is 17.8 Å². The first kappa shape index (κ1) is 11.6. The van der Waals surface area contributed by atoms with Crippen molar-refractivity contribution in [2.24, 2.45) is 0 Å². The average molecular weight is 236 g/mol. The number of fused-ring (bicyclic) bond motifs is 1. The maximum atomic E-state index is 10.5. The highest BCUT2D eigenvalue weighted by Crippen LogP contribution is 2.25. The van der Waals surface area contributed by atoms with E-state index in [1.165, 1.54) is 6.20 Å². The van der Waals surface area contributed by atoms with Gasteiger partial charge in [0.2, 0.25) is 0 Å². The van der Waals surface area contributed by atoms with Gasteiger partial charge >= 0.3 is 5.97 Å². The van der Waals surface area contributed by atoms with E-state index in [0.29, 0.717) is 16.6 Å². The molecule has 2 unspecified atom stereocenters. The quantitative estimate of drug-likeness (QED) is 0.616. The van der Waals surface area contributed by atoms with Gasteiger partial charge in [-0.25, -0.2) is 4.98 Å². The molecule has 0 bridgehead atoms. The van der Waals surface area contributed by atoms with Crippen molar-refractivity contribution in [3.8, 4) is 0 Å². The minimum absolute atomic E-state index is 0.463. The van der Waals surface area contributed by atoms with Crippen LogP contribution in [-0.4, -0.2) is 37.4 Å². The van der Waals surface area contributed by atoms with Crippen LogP contribution in [-0.2, 0) is 4.79 Å². The van der Waals surface area contributed by atoms with E-state index in [9.17, 15) is 15.0 Å². The molecule has 2 atom stereocenters. The van der Waals surface area contributed by atoms with Crippen LogP contribution < -0.4 is 0 Å². The third-order valence-electron chi connectivity index (χ3n) is 2.56. The Bertz CT molecular complexity index is 537. The Balaban J connectivity index is 2.32. The van der Waals surface area contributed by atoms with Gasteiger partial charge in [0.15, 0.2) is 0 Å². The van der Waals surface area contributed by atoms with Gasteiger partial charge in [-0.15, -0.1) is 0 Å². The normalized spacial score (nSPS) is 14.7. The van der Waals surface area contributed by atoms with Crippen LogP contribution in [0.5, 0.6) is 0 Å². The van der Waals surface area contributed by atoms with Crippen LogP contribution in [0.2, 0.25) is 0 Å². The minimum atomic E-state index is -1.34. The number of pyridine rings is 1. The summed E-state index contributed by atoms with van der Waals surface area (Å²) in [4.78, 5) is 17.4. The topological polar surface area (TPSA) is 106 Å². The van der Waals surface area contributed by atoms with Crippen molar-refractivity contribution in [3.05, 3.63) is 30.1 Å². The standard InChI is InChI=1S/C11H12N2O4/c14-8(5-9(15)16)10(17)6-1-3-12-11-7(6)2-4-13-11/h1-4,8,10,14,17H,5H2,(H,12,13)(H,15,16). The lowest BCUT2D eigenvalue weighted by molar-refractivity contribution is -0.141. The zero-order valence-electron chi connectivity index (χ0n) is 8.87. The summed E-state index contributed by atoms with van der Waals surface area (Å²) in [6.07, 6.45) is 0.0676. The number of carboxylic acid groups (broad SMARTS) is 1. The first-order valence-corrected chi connectivity index (χ1v) is 5.09. The molecule has 2 aromatic heterocycles. The fourth-order valence-corrected chi connectivity index (χ4v) is 1.74. The lowest BCUT2D eigenvalue weighted by Crippen LogP contribution is -2.21. The van der Waals surface area contributed by atoms with E-state index >= 15 is 0 Å². The fraction of sp³-hybridized carbons (Fsp3) is 0.273. The van der Waals surface area contributed by atoms with E-state index in [0.717, 1.165) is 0 Å². The van der Waals surface area contributed by atoms with Gasteiger partial charge < -0.3 is 20.3 Å². The Morgan fingerprint density at radius 1 is 1.41 bits per heavy atom. The monoisotopic (exact) mass is 236 g/mol. The number of hydrogen-bond donors (Lipinski definition) is 4. The smallest absolute Gasteiger partial charge is 0.306 e. The largest absolute Gasteiger partial charge is 0.481 e. The third kappa shape index (κ3) is 2.27. The molecule has 17 heavy (non-hydrogen) atoms. The molecule has 90 valence electrons. The number of aliphatic hydroxyl groups excluding tert-OH is 2. The molecule has 6 heteroatoms. The van der Waals surface area contributed by atoms with Crippen LogP contribution in [0, 0.1) is 0 Å². The van der Waals surface area contributed by atoms with Crippen molar-refractivity contribution in [2.75, 3.05) is 0 Å². The van der Waals surface area contributed by atoms with Gasteiger partial charge in [-0.05, 0) is 17.7 Å². The number of nitrogens with zero attached hydrogens (tertiary/aromatic N) is 1. The molecular formula is C11H12N2O4. The predicted octanol–water partition coefficient (Wildman–Crippen LogP) is 0.432. The maximum absolute atomic E-state index is 10.5. The van der Waals surface area contributed by atoms with Gasteiger partial charge in [0.1, 0.15) is 11.8 Å². The average Bonchev–Trinajstić information content (AvgIpc) is 2.74. The molecule has 0 aliphatic carbocycles. The van der Waals surface area contributed by atoms with Crippen molar-refractivity contribution in [3.63, 3.8) is 0 Å². The number of hydrogen-bond acceptors (Lipinski definition) is 4. The first-order chi connectivity index (χ1) is 8.09. The van der Waals surface area contributed by atoms with Crippen molar-refractivity contribution < 1.29 is 20.1 Å². The van der Waals surface area contributed by atoms with Crippen LogP contribution in [0.15, 0.2) is 24.5 Å². The van der Waals surface area contributed by atoms with Gasteiger partial charge in [-0.3, -0.25) is 4.79 Å². The SMILES string of the molecule is O=C(O)CC(O)C(O)c1ccnc2[nH]ccc12. The summed E-state index contributed by atoms with van der Waals surface area (Å²) >= 11 is 0. The van der Waals surface area contributed by atoms with Crippen LogP contribution in [0.1, 0.15) is 18.1 Å². The molecule has 0 aromatic carbocycles. The second-order valence-electron chi connectivity index (χ2n) is 3.75. The summed E-state index contributed by atoms with van der Waals surface area (Å²) < 4.78 is 0. The van der Waals surface area contributed by atoms with E-state index in [1.807, 2.05) is 0 Å². The highest BCUT2D eigenvalue weighted by molar-refractivity contribution is 5.79. The van der Waals surface area contributed by atoms with Gasteiger partial charge in [0.05, 0.1) is 12.5 Å². The molecular weight excluding hydrogens is 224 g/mol. The molecule has 0 saturated heterocycles. The summed E-state index contributed by atoms with van der Waals surface area (Å²) in [7, 11) is 0. The Morgan fingerprint density at radius 2 is 2.18 bits per heavy atom. The number of rotatable bonds is 4. The third-order valence-corrected chi connectivity index (χ3v) is 2.56. The lowest BCUT2D eigenvalue weighted by Gasteiger charge is -2.16. The number of aliphatic carboxylic acids is 1. The summed E-state index contributed by atoms with van der Waals surface area (Å²) in [5.41, 5.74) is 1.05. The molecule has 0 amide bonds. The molecule has 0 fully saturated rings. The Labute approximate surface area is 96.5 Å². The first-order valence-electron chi connectivity index (χ1n) is 5.09. The minimum Gasteiger partial charge on any atom is -0.481 e. The van der Waals surface area contributed by atoms with Crippen LogP contribution in [0.3, 0.4) is 0 Å². The van der Waals surface area contributed by atoms with E-state index < -0.39 is 24.6 Å². The van der Waals surface area contributed by atoms with E-state index in [2.05, 4.69) is 9.97 Å². The molecule has 2 heterocycles. The molecule has 0 aliphatic heterocycles. The van der Waals surface area contributed by atoms with Gasteiger partial charge in [0.25, 0.3) is 0 Å². The summed E-state index contributed by atoms with van der Waals surface area (Å²) in [5.74, 6) is -1.16. The van der Waals surface area contributed by atoms with Gasteiger partial charge in [-0.2, -0.15) is 0 Å². The zero-order valence-corrected chi connectivity index (χ0v) is 8.87. The maximum Gasteiger partial charge on any atom is 0.306 e. The highest BCUT2D eigenvalue weighted by Gasteiger charge is 2.23. The number of aliphatic hydroxyl groups is 2. The fourth-order valence-electron chi connectivity index (χ4n) is 1.74. The Kier molecular flexibility index (Phi) is 3.08. The number of carbonyl (C=O) groups is 1. The van der Waals surface area contributed by atoms with Crippen molar-refractivity contribution in [1.29, 1.82) is 0 Å². The number of aromatic nitrogens is 2. The summed E-state index contributed by atoms with van der Waals surface area (Å²) in [5, 5.41) is 28.7. The summed E-state index contributed by atoms with van der Waals surface area (Å²) in [6, 6.07) is 3.28. The number of H-pyrrole nitrogens is 1. The second-order valence-corrected chi connectivity index (χ2v) is 3.75. The van der Waals surface area contributed by atoms with Crippen LogP contribution >= 0.6 is 0 Å². The van der Waals surface area contributed by atoms with Crippen molar-refractivity contribution >= 4 is 17.0 Å². The van der Waals surface area contributed by atoms with E-state index in [-0.39, 0.29) is 0 Å². The van der Waals surface area contributed by atoms with Crippen LogP contribution in [0.25, 0.3) is 11.0 Å². The van der Waals surface area contributed by atoms with Gasteiger partial charge in [-0.1, -0.05) is 0 Å². The van der Waals surface area contributed by atoms with Crippen LogP contribution in [0.4, 0.5) is 0 Å². The van der Waals surface area contributed by atoms with E-state index in [1.54, 1.807) is 18.3 Å². The highest BCUT2D eigenvalue weighted by atomic mass is 16.4. The number of aromatic amines is 1. The van der Waals surface area contributed by atoms with Crippen molar-refractivity contribution in [1.82, 2.24) is 9.97 Å². The Hall–Kier alpha value is -1.92. The second kappa shape index (κ2) is 4.52. The Morgan fingerprint density at radius 3 is 2.88 bits per heavy atom. The predicted molar refractivity (Wildman–Crippen MR) is 59.3 cm³/mol.